The molecular weight excluding hydrogens is 422 g/mol. The van der Waals surface area contributed by atoms with Crippen molar-refractivity contribution >= 4 is 67.6 Å². The first kappa shape index (κ1) is 16.2. The quantitative estimate of drug-likeness (QED) is 0.456. The number of anilines is 1. The van der Waals surface area contributed by atoms with E-state index in [-0.39, 0.29) is 11.5 Å². The molecule has 4 aromatic rings. The lowest BCUT2D eigenvalue weighted by Crippen LogP contribution is -2.14. The minimum absolute atomic E-state index is 0.266. The van der Waals surface area contributed by atoms with E-state index in [2.05, 4.69) is 26.2 Å². The smallest absolute Gasteiger partial charge is 0.269 e. The number of benzene rings is 2. The molecule has 0 fully saturated rings. The Labute approximate surface area is 159 Å². The number of fused-ring (bicyclic) bond motifs is 3. The zero-order valence-corrected chi connectivity index (χ0v) is 15.8. The third-order valence-electron chi connectivity index (χ3n) is 3.72. The lowest BCUT2D eigenvalue weighted by atomic mass is 10.2. The Bertz CT molecular complexity index is 1240. The molecule has 0 saturated heterocycles. The molecule has 0 unspecified atom stereocenters. The average molecular weight is 432 g/mol. The van der Waals surface area contributed by atoms with Crippen molar-refractivity contribution < 1.29 is 4.79 Å². The number of carbonyl (C=O) groups excluding carboxylic acids is 1. The van der Waals surface area contributed by atoms with Gasteiger partial charge in [-0.05, 0) is 42.5 Å². The largest absolute Gasteiger partial charge is 0.321 e. The number of aromatic amines is 1. The van der Waals surface area contributed by atoms with Crippen molar-refractivity contribution in [3.05, 3.63) is 72.2 Å². The van der Waals surface area contributed by atoms with E-state index in [0.717, 1.165) is 4.47 Å². The summed E-state index contributed by atoms with van der Waals surface area (Å²) in [7, 11) is 0. The van der Waals surface area contributed by atoms with Crippen LogP contribution >= 0.6 is 39.5 Å². The summed E-state index contributed by atoms with van der Waals surface area (Å²) in [5.74, 6) is -0.308. The van der Waals surface area contributed by atoms with E-state index in [4.69, 9.17) is 12.2 Å². The van der Waals surface area contributed by atoms with Gasteiger partial charge in [0.05, 0.1) is 10.9 Å². The second-order valence-corrected chi connectivity index (χ2v) is 7.88. The maximum atomic E-state index is 12.7. The Morgan fingerprint density at radius 2 is 1.96 bits per heavy atom. The van der Waals surface area contributed by atoms with Gasteiger partial charge in [-0.25, -0.2) is 0 Å². The van der Waals surface area contributed by atoms with Crippen LogP contribution in [0.2, 0.25) is 0 Å². The van der Waals surface area contributed by atoms with E-state index in [1.807, 2.05) is 30.3 Å². The van der Waals surface area contributed by atoms with Gasteiger partial charge in [0, 0.05) is 10.2 Å². The Balaban J connectivity index is 1.93. The minimum Gasteiger partial charge on any atom is -0.321 e. The van der Waals surface area contributed by atoms with E-state index in [1.54, 1.807) is 22.6 Å². The van der Waals surface area contributed by atoms with Gasteiger partial charge >= 0.3 is 0 Å². The highest BCUT2D eigenvalue weighted by Crippen LogP contribution is 2.25. The summed E-state index contributed by atoms with van der Waals surface area (Å²) in [5.41, 5.74) is 1.49. The molecule has 4 rings (SSSR count). The number of H-pyrrole nitrogens is 1. The van der Waals surface area contributed by atoms with Gasteiger partial charge in [0.2, 0.25) is 0 Å². The summed E-state index contributed by atoms with van der Waals surface area (Å²) in [6.45, 7) is 0. The number of carbonyl (C=O) groups is 1. The normalized spacial score (nSPS) is 11.1. The molecule has 0 aliphatic heterocycles. The molecule has 5 nitrogen and oxygen atoms in total. The Morgan fingerprint density at radius 1 is 1.20 bits per heavy atom. The molecule has 0 spiro atoms. The first-order chi connectivity index (χ1) is 12.0. The van der Waals surface area contributed by atoms with Crippen molar-refractivity contribution in [1.82, 2.24) is 9.38 Å². The summed E-state index contributed by atoms with van der Waals surface area (Å²) >= 11 is 9.96. The highest BCUT2D eigenvalue weighted by atomic mass is 79.9. The van der Waals surface area contributed by atoms with Crippen LogP contribution in [0.25, 0.3) is 16.6 Å². The van der Waals surface area contributed by atoms with Crippen LogP contribution in [0.3, 0.4) is 0 Å². The van der Waals surface area contributed by atoms with E-state index < -0.39 is 0 Å². The predicted octanol–water partition coefficient (Wildman–Crippen LogP) is 4.59. The van der Waals surface area contributed by atoms with Crippen molar-refractivity contribution in [2.45, 2.75) is 0 Å². The van der Waals surface area contributed by atoms with Crippen LogP contribution in [0.5, 0.6) is 0 Å². The summed E-state index contributed by atoms with van der Waals surface area (Å²) < 4.78 is 3.02. The number of nitrogens with one attached hydrogen (secondary N) is 2. The summed E-state index contributed by atoms with van der Waals surface area (Å²) in [5, 5.41) is 3.33. The fourth-order valence-corrected chi connectivity index (χ4v) is 4.27. The molecule has 0 saturated carbocycles. The first-order valence-corrected chi connectivity index (χ1v) is 9.30. The van der Waals surface area contributed by atoms with E-state index in [0.29, 0.717) is 31.1 Å². The number of hydrogen-bond donors (Lipinski definition) is 2. The number of amides is 1. The van der Waals surface area contributed by atoms with Crippen molar-refractivity contribution in [3.8, 4) is 0 Å². The van der Waals surface area contributed by atoms with Crippen LogP contribution < -0.4 is 10.9 Å². The van der Waals surface area contributed by atoms with Gasteiger partial charge in [-0.1, -0.05) is 45.5 Å². The zero-order chi connectivity index (χ0) is 17.6. The second-order valence-electron chi connectivity index (χ2n) is 5.32. The lowest BCUT2D eigenvalue weighted by molar-refractivity contribution is 0.103. The Kier molecular flexibility index (Phi) is 4.03. The van der Waals surface area contributed by atoms with Crippen LogP contribution in [-0.4, -0.2) is 15.3 Å². The fourth-order valence-electron chi connectivity index (χ4n) is 2.63. The third kappa shape index (κ3) is 2.82. The fraction of sp³-hybridized carbons (Fsp3) is 0. The number of para-hydroxylation sites is 1. The van der Waals surface area contributed by atoms with Crippen molar-refractivity contribution in [1.29, 1.82) is 0 Å². The third-order valence-corrected chi connectivity index (χ3v) is 5.59. The highest BCUT2D eigenvalue weighted by molar-refractivity contribution is 9.10. The molecule has 8 heteroatoms. The van der Waals surface area contributed by atoms with Crippen LogP contribution in [0.4, 0.5) is 5.69 Å². The number of thiazole rings is 1. The molecule has 0 aliphatic carbocycles. The number of aromatic nitrogens is 2. The molecule has 0 radical (unpaired) electrons. The first-order valence-electron chi connectivity index (χ1n) is 7.28. The molecular formula is C17H10BrN3O2S2. The predicted molar refractivity (Wildman–Crippen MR) is 106 cm³/mol. The Hall–Kier alpha value is -2.29. The SMILES string of the molecule is O=C(Nc1ccccc1)c1sc(=S)n2c1[nH]c(=O)c1cc(Br)ccc12. The van der Waals surface area contributed by atoms with Gasteiger partial charge in [-0.3, -0.25) is 14.0 Å². The van der Waals surface area contributed by atoms with Crippen molar-refractivity contribution in [3.63, 3.8) is 0 Å². The zero-order valence-electron chi connectivity index (χ0n) is 12.6. The standard InChI is InChI=1S/C17H10BrN3O2S2/c18-9-6-7-12-11(8-9)15(22)20-14-13(25-17(24)21(12)14)16(23)19-10-4-2-1-3-5-10/h1-8H,(H,19,23)(H,20,22). The monoisotopic (exact) mass is 431 g/mol. The van der Waals surface area contributed by atoms with Gasteiger partial charge in [0.1, 0.15) is 10.5 Å². The van der Waals surface area contributed by atoms with Crippen LogP contribution in [0.1, 0.15) is 9.67 Å². The van der Waals surface area contributed by atoms with Gasteiger partial charge < -0.3 is 10.3 Å². The van der Waals surface area contributed by atoms with Gasteiger partial charge in [0.25, 0.3) is 11.5 Å². The van der Waals surface area contributed by atoms with Gasteiger partial charge in [-0.2, -0.15) is 0 Å². The molecule has 25 heavy (non-hydrogen) atoms. The van der Waals surface area contributed by atoms with Crippen LogP contribution in [0.15, 0.2) is 57.8 Å². The van der Waals surface area contributed by atoms with Crippen molar-refractivity contribution in [2.24, 2.45) is 0 Å². The minimum atomic E-state index is -0.308. The second kappa shape index (κ2) is 6.21. The number of hydrogen-bond acceptors (Lipinski definition) is 4. The van der Waals surface area contributed by atoms with E-state index >= 15 is 0 Å². The molecule has 0 bridgehead atoms. The molecule has 2 aromatic carbocycles. The summed E-state index contributed by atoms with van der Waals surface area (Å²) in [4.78, 5) is 28.2. The number of rotatable bonds is 2. The van der Waals surface area contributed by atoms with Crippen LogP contribution in [-0.2, 0) is 0 Å². The number of halogens is 1. The molecule has 124 valence electrons. The Morgan fingerprint density at radius 3 is 2.72 bits per heavy atom. The maximum Gasteiger partial charge on any atom is 0.269 e. The molecule has 0 aliphatic rings. The maximum absolute atomic E-state index is 12.7. The molecule has 2 N–H and O–H groups in total. The number of nitrogens with zero attached hydrogens (tertiary/aromatic N) is 1. The topological polar surface area (TPSA) is 66.4 Å². The molecule has 0 atom stereocenters. The van der Waals surface area contributed by atoms with E-state index in [1.165, 1.54) is 11.3 Å². The lowest BCUT2D eigenvalue weighted by Gasteiger charge is -2.05. The molecule has 2 heterocycles. The van der Waals surface area contributed by atoms with Crippen molar-refractivity contribution in [2.75, 3.05) is 5.32 Å². The molecule has 2 aromatic heterocycles. The summed E-state index contributed by atoms with van der Waals surface area (Å²) in [6, 6.07) is 14.5. The molecule has 1 amide bonds. The highest BCUT2D eigenvalue weighted by Gasteiger charge is 2.18. The van der Waals surface area contributed by atoms with E-state index in [9.17, 15) is 9.59 Å². The van der Waals surface area contributed by atoms with Crippen LogP contribution in [0, 0.1) is 3.95 Å². The summed E-state index contributed by atoms with van der Waals surface area (Å²) in [6.07, 6.45) is 0. The van der Waals surface area contributed by atoms with Gasteiger partial charge in [-0.15, -0.1) is 0 Å². The van der Waals surface area contributed by atoms with Gasteiger partial charge in [0.15, 0.2) is 3.95 Å². The average Bonchev–Trinajstić information content (AvgIpc) is 2.93.